The minimum Gasteiger partial charge on any atom is -0.461 e. The zero-order valence-electron chi connectivity index (χ0n) is 26.3. The average molecular weight is 641 g/mol. The van der Waals surface area contributed by atoms with Crippen LogP contribution in [0, 0.1) is 5.82 Å². The number of benzene rings is 1. The number of ether oxygens (including phenoxy) is 3. The van der Waals surface area contributed by atoms with E-state index in [1.807, 2.05) is 30.6 Å². The number of alkyl halides is 2. The highest BCUT2D eigenvalue weighted by Gasteiger charge is 2.46. The topological polar surface area (TPSA) is 93.2 Å². The Balaban J connectivity index is 1.27. The zero-order chi connectivity index (χ0) is 32.2. The Bertz CT molecular complexity index is 1610. The Morgan fingerprint density at radius 3 is 2.43 bits per heavy atom. The molecule has 2 unspecified atom stereocenters. The summed E-state index contributed by atoms with van der Waals surface area (Å²) >= 11 is 0. The molecule has 1 amide bonds. The van der Waals surface area contributed by atoms with Crippen molar-refractivity contribution in [1.82, 2.24) is 24.8 Å². The molecule has 6 heterocycles. The molecule has 13 heteroatoms. The van der Waals surface area contributed by atoms with Crippen LogP contribution in [-0.4, -0.2) is 93.5 Å². The van der Waals surface area contributed by atoms with Gasteiger partial charge in [0.2, 0.25) is 0 Å². The van der Waals surface area contributed by atoms with Crippen LogP contribution in [0.3, 0.4) is 0 Å². The zero-order valence-corrected chi connectivity index (χ0v) is 26.3. The lowest BCUT2D eigenvalue weighted by atomic mass is 9.95. The maximum absolute atomic E-state index is 16.5. The van der Waals surface area contributed by atoms with Gasteiger partial charge in [-0.1, -0.05) is 12.1 Å². The average Bonchev–Trinajstić information content (AvgIpc) is 3.66. The highest BCUT2D eigenvalue weighted by atomic mass is 19.3. The van der Waals surface area contributed by atoms with E-state index in [-0.39, 0.29) is 52.2 Å². The number of carbonyl (C=O) groups is 1. The van der Waals surface area contributed by atoms with Crippen LogP contribution < -0.4 is 14.4 Å². The molecule has 0 aliphatic carbocycles. The molecule has 246 valence electrons. The molecule has 2 atom stereocenters. The molecule has 0 spiro atoms. The van der Waals surface area contributed by atoms with E-state index in [1.165, 1.54) is 24.4 Å². The molecule has 4 aliphatic rings. The van der Waals surface area contributed by atoms with Gasteiger partial charge in [-0.3, -0.25) is 14.8 Å². The molecule has 46 heavy (non-hydrogen) atoms. The lowest BCUT2D eigenvalue weighted by molar-refractivity contribution is -0.0494. The van der Waals surface area contributed by atoms with Gasteiger partial charge >= 0.3 is 18.7 Å². The Labute approximate surface area is 265 Å². The summed E-state index contributed by atoms with van der Waals surface area (Å²) in [4.78, 5) is 33.2. The molecule has 2 aromatic heterocycles. The number of nitrogens with zero attached hydrogens (tertiary/aromatic N) is 6. The number of piperazine rings is 1. The number of hydrogen-bond donors (Lipinski definition) is 0. The second kappa shape index (κ2) is 11.7. The van der Waals surface area contributed by atoms with Gasteiger partial charge in [-0.15, -0.1) is 0 Å². The number of aromatic nitrogens is 3. The van der Waals surface area contributed by atoms with Crippen molar-refractivity contribution in [3.63, 3.8) is 0 Å². The quantitative estimate of drug-likeness (QED) is 0.307. The summed E-state index contributed by atoms with van der Waals surface area (Å²) in [5.41, 5.74) is -0.794. The Morgan fingerprint density at radius 1 is 1.07 bits per heavy atom. The predicted octanol–water partition coefficient (Wildman–Crippen LogP) is 6.03. The maximum Gasteiger partial charge on any atom is 0.410 e. The molecule has 0 N–H and O–H groups in total. The summed E-state index contributed by atoms with van der Waals surface area (Å²) < 4.78 is 59.6. The van der Waals surface area contributed by atoms with E-state index in [4.69, 9.17) is 14.5 Å². The number of para-hydroxylation sites is 1. The molecule has 4 saturated heterocycles. The minimum atomic E-state index is -3.08. The van der Waals surface area contributed by atoms with Crippen molar-refractivity contribution >= 4 is 22.8 Å². The van der Waals surface area contributed by atoms with Gasteiger partial charge in [-0.2, -0.15) is 18.7 Å². The first-order valence-electron chi connectivity index (χ1n) is 16.1. The number of fused-ring (bicyclic) bond motifs is 4. The number of carbonyl (C=O) groups excluding carboxylic acids is 1. The smallest absolute Gasteiger partial charge is 0.410 e. The van der Waals surface area contributed by atoms with Crippen LogP contribution in [0.1, 0.15) is 59.3 Å². The van der Waals surface area contributed by atoms with E-state index in [1.54, 1.807) is 6.07 Å². The normalized spacial score (nSPS) is 22.5. The third-order valence-electron chi connectivity index (χ3n) is 9.67. The van der Waals surface area contributed by atoms with E-state index in [0.29, 0.717) is 30.9 Å². The highest BCUT2D eigenvalue weighted by molar-refractivity contribution is 5.92. The van der Waals surface area contributed by atoms with Crippen molar-refractivity contribution in [1.29, 1.82) is 0 Å². The number of hydrogen-bond acceptors (Lipinski definition) is 9. The van der Waals surface area contributed by atoms with Crippen molar-refractivity contribution < 1.29 is 32.2 Å². The lowest BCUT2D eigenvalue weighted by Crippen LogP contribution is -2.57. The summed E-state index contributed by atoms with van der Waals surface area (Å²) in [5, 5.41) is 0.368. The Kier molecular flexibility index (Phi) is 7.85. The van der Waals surface area contributed by atoms with Crippen molar-refractivity contribution in [2.75, 3.05) is 37.7 Å². The van der Waals surface area contributed by atoms with Gasteiger partial charge in [-0.05, 0) is 84.5 Å². The first-order valence-corrected chi connectivity index (χ1v) is 16.1. The van der Waals surface area contributed by atoms with Crippen LogP contribution in [0.4, 0.5) is 23.8 Å². The monoisotopic (exact) mass is 640 g/mol. The fourth-order valence-electron chi connectivity index (χ4n) is 7.72. The molecule has 4 fully saturated rings. The first-order chi connectivity index (χ1) is 22.0. The summed E-state index contributed by atoms with van der Waals surface area (Å²) in [6, 6.07) is 5.80. The largest absolute Gasteiger partial charge is 0.461 e. The molecule has 2 bridgehead atoms. The summed E-state index contributed by atoms with van der Waals surface area (Å²) in [6.45, 7) is 5.84. The van der Waals surface area contributed by atoms with Crippen molar-refractivity contribution in [2.45, 2.75) is 89.1 Å². The number of rotatable bonds is 7. The lowest BCUT2D eigenvalue weighted by Gasteiger charge is -2.42. The molecular weight excluding hydrogens is 601 g/mol. The van der Waals surface area contributed by atoms with Crippen LogP contribution in [0.25, 0.3) is 22.2 Å². The molecule has 7 rings (SSSR count). The molecule has 3 aromatic rings. The third kappa shape index (κ3) is 5.67. The van der Waals surface area contributed by atoms with E-state index in [0.717, 1.165) is 51.6 Å². The van der Waals surface area contributed by atoms with Crippen LogP contribution in [0.2, 0.25) is 0 Å². The van der Waals surface area contributed by atoms with Gasteiger partial charge in [0, 0.05) is 24.8 Å². The maximum atomic E-state index is 16.5. The van der Waals surface area contributed by atoms with Gasteiger partial charge in [-0.25, -0.2) is 9.18 Å². The van der Waals surface area contributed by atoms with Gasteiger partial charge in [0.15, 0.2) is 5.82 Å². The van der Waals surface area contributed by atoms with E-state index in [2.05, 4.69) is 19.6 Å². The number of amides is 1. The molecule has 10 nitrogen and oxygen atoms in total. The number of halogens is 3. The fourth-order valence-corrected chi connectivity index (χ4v) is 7.72. The van der Waals surface area contributed by atoms with Gasteiger partial charge in [0.05, 0.1) is 23.0 Å². The van der Waals surface area contributed by atoms with Gasteiger partial charge in [0.1, 0.15) is 35.0 Å². The second-order valence-electron chi connectivity index (χ2n) is 13.8. The number of anilines is 1. The predicted molar refractivity (Wildman–Crippen MR) is 165 cm³/mol. The molecule has 4 aliphatic heterocycles. The molecule has 0 saturated carbocycles. The number of pyridine rings is 1. The Hall–Kier alpha value is -3.87. The highest BCUT2D eigenvalue weighted by Crippen LogP contribution is 2.41. The van der Waals surface area contributed by atoms with Crippen LogP contribution >= 0.6 is 0 Å². The van der Waals surface area contributed by atoms with E-state index >= 15 is 4.39 Å². The van der Waals surface area contributed by atoms with Gasteiger partial charge in [0.25, 0.3) is 0 Å². The van der Waals surface area contributed by atoms with Crippen LogP contribution in [0.15, 0.2) is 30.5 Å². The SMILES string of the molecule is CC(C)(C)OC(=O)N1C2CCC1CN(c1nc(OCC34CCCN3CCC4)nc3c(F)c(-c4ccccc4OC(F)F)ncc13)C2. The Morgan fingerprint density at radius 2 is 1.76 bits per heavy atom. The van der Waals surface area contributed by atoms with Crippen molar-refractivity contribution in [2.24, 2.45) is 0 Å². The van der Waals surface area contributed by atoms with Crippen LogP contribution in [-0.2, 0) is 4.74 Å². The third-order valence-corrected chi connectivity index (χ3v) is 9.67. The molecular formula is C33H39F3N6O4. The van der Waals surface area contributed by atoms with Crippen molar-refractivity contribution in [3.8, 4) is 23.0 Å². The van der Waals surface area contributed by atoms with E-state index < -0.39 is 18.0 Å². The standard InChI is InChI=1S/C33H39F3N6O4/c1-32(2,3)46-31(43)42-20-10-11-21(42)18-40(17-20)28-23-16-37-26(22-8-4-5-9-24(22)45-29(35)36)25(34)27(23)38-30(39-28)44-19-33-12-6-14-41(33)15-7-13-33/h4-5,8-9,16,20-21,29H,6-7,10-15,17-19H2,1-3H3. The summed E-state index contributed by atoms with van der Waals surface area (Å²) in [5.74, 6) is -0.512. The second-order valence-corrected chi connectivity index (χ2v) is 13.8. The molecule has 0 radical (unpaired) electrons. The van der Waals surface area contributed by atoms with E-state index in [9.17, 15) is 13.6 Å². The van der Waals surface area contributed by atoms with Crippen molar-refractivity contribution in [3.05, 3.63) is 36.3 Å². The minimum absolute atomic E-state index is 0.0223. The molecule has 1 aromatic carbocycles. The summed E-state index contributed by atoms with van der Waals surface area (Å²) in [7, 11) is 0. The summed E-state index contributed by atoms with van der Waals surface area (Å²) in [6.07, 6.45) is 6.99. The fraction of sp³-hybridized carbons (Fsp3) is 0.576. The van der Waals surface area contributed by atoms with Crippen LogP contribution in [0.5, 0.6) is 11.8 Å². The van der Waals surface area contributed by atoms with Gasteiger partial charge < -0.3 is 19.1 Å². The first kappa shape index (κ1) is 30.8.